The van der Waals surface area contributed by atoms with E-state index in [9.17, 15) is 8.42 Å². The van der Waals surface area contributed by atoms with Crippen LogP contribution in [-0.2, 0) is 16.4 Å². The second kappa shape index (κ2) is 5.72. The summed E-state index contributed by atoms with van der Waals surface area (Å²) in [4.78, 5) is 1.17. The van der Waals surface area contributed by atoms with Crippen LogP contribution < -0.4 is 0 Å². The lowest BCUT2D eigenvalue weighted by molar-refractivity contribution is 0.580. The van der Waals surface area contributed by atoms with Gasteiger partial charge in [-0.1, -0.05) is 35.9 Å². The van der Waals surface area contributed by atoms with E-state index in [1.165, 1.54) is 15.4 Å². The topological polar surface area (TPSA) is 52.0 Å². The van der Waals surface area contributed by atoms with E-state index in [-0.39, 0.29) is 4.90 Å². The van der Waals surface area contributed by atoms with Gasteiger partial charge in [0.15, 0.2) is 0 Å². The quantitative estimate of drug-likeness (QED) is 0.709. The van der Waals surface area contributed by atoms with E-state index in [2.05, 4.69) is 11.2 Å². The summed E-state index contributed by atoms with van der Waals surface area (Å²) in [5.74, 6) is 0. The molecular weight excluding hydrogens is 340 g/mol. The van der Waals surface area contributed by atoms with Crippen molar-refractivity contribution in [1.82, 2.24) is 9.19 Å². The molecule has 0 amide bonds. The van der Waals surface area contributed by atoms with Crippen LogP contribution in [0.3, 0.4) is 0 Å². The zero-order valence-electron chi connectivity index (χ0n) is 13.1. The van der Waals surface area contributed by atoms with Crippen molar-refractivity contribution in [2.24, 2.45) is 0 Å². The Balaban J connectivity index is 1.97. The lowest BCUT2D eigenvalue weighted by Crippen LogP contribution is -2.16. The second-order valence-corrected chi connectivity index (χ2v) is 8.50. The van der Waals surface area contributed by atoms with Crippen molar-refractivity contribution in [2.45, 2.75) is 24.7 Å². The van der Waals surface area contributed by atoms with Gasteiger partial charge in [0.1, 0.15) is 5.69 Å². The van der Waals surface area contributed by atoms with Gasteiger partial charge in [-0.2, -0.15) is 17.6 Å². The largest absolute Gasteiger partial charge is 0.283 e. The maximum absolute atomic E-state index is 13.2. The number of benzene rings is 1. The van der Waals surface area contributed by atoms with Gasteiger partial charge in [0.05, 0.1) is 15.5 Å². The van der Waals surface area contributed by atoms with Crippen molar-refractivity contribution < 1.29 is 8.42 Å². The number of allylic oxidation sites excluding steroid dienone is 1. The number of aromatic nitrogens is 2. The van der Waals surface area contributed by atoms with Crippen molar-refractivity contribution in [2.75, 3.05) is 0 Å². The summed E-state index contributed by atoms with van der Waals surface area (Å²) in [5.41, 5.74) is 3.45. The highest BCUT2D eigenvalue weighted by Gasteiger charge is 2.28. The molecule has 0 fully saturated rings. The Morgan fingerprint density at radius 3 is 2.67 bits per heavy atom. The summed E-state index contributed by atoms with van der Waals surface area (Å²) < 4.78 is 27.5. The molecule has 1 aromatic carbocycles. The maximum Gasteiger partial charge on any atom is 0.283 e. The van der Waals surface area contributed by atoms with Crippen LogP contribution >= 0.6 is 11.3 Å². The minimum Gasteiger partial charge on any atom is -0.199 e. The molecule has 0 bridgehead atoms. The van der Waals surface area contributed by atoms with Gasteiger partial charge in [0, 0.05) is 5.56 Å². The molecule has 2 aromatic heterocycles. The Labute approximate surface area is 145 Å². The van der Waals surface area contributed by atoms with E-state index < -0.39 is 10.0 Å². The molecule has 4 rings (SSSR count). The smallest absolute Gasteiger partial charge is 0.199 e. The second-order valence-electron chi connectivity index (χ2n) is 5.79. The predicted octanol–water partition coefficient (Wildman–Crippen LogP) is 4.12. The third kappa shape index (κ3) is 2.42. The van der Waals surface area contributed by atoms with Gasteiger partial charge in [0.25, 0.3) is 10.0 Å². The number of rotatable bonds is 3. The monoisotopic (exact) mass is 356 g/mol. The van der Waals surface area contributed by atoms with Crippen molar-refractivity contribution in [3.05, 3.63) is 64.7 Å². The first kappa shape index (κ1) is 15.4. The molecule has 1 aliphatic carbocycles. The molecule has 0 saturated heterocycles. The van der Waals surface area contributed by atoms with Gasteiger partial charge in [-0.05, 0) is 43.3 Å². The molecule has 0 spiro atoms. The molecule has 0 atom stereocenters. The fourth-order valence-corrected chi connectivity index (χ4v) is 5.01. The number of nitrogens with zero attached hydrogens (tertiary/aromatic N) is 2. The fraction of sp³-hybridized carbons (Fsp3) is 0.167. The molecule has 4 nitrogen and oxygen atoms in total. The highest BCUT2D eigenvalue weighted by atomic mass is 32.2. The van der Waals surface area contributed by atoms with Crippen molar-refractivity contribution in [1.29, 1.82) is 0 Å². The molecule has 0 N–H and O–H groups in total. The number of hydrogen-bond acceptors (Lipinski definition) is 4. The van der Waals surface area contributed by atoms with Crippen molar-refractivity contribution >= 4 is 27.4 Å². The summed E-state index contributed by atoms with van der Waals surface area (Å²) in [5, 5.41) is 6.41. The molecule has 0 unspecified atom stereocenters. The minimum absolute atomic E-state index is 0.259. The lowest BCUT2D eigenvalue weighted by Gasteiger charge is -2.09. The third-order valence-electron chi connectivity index (χ3n) is 4.10. The van der Waals surface area contributed by atoms with Crippen LogP contribution in [-0.4, -0.2) is 17.6 Å². The molecule has 0 saturated carbocycles. The molecule has 2 heterocycles. The van der Waals surface area contributed by atoms with Crippen LogP contribution in [0.1, 0.15) is 23.2 Å². The van der Waals surface area contributed by atoms with E-state index in [1.54, 1.807) is 24.3 Å². The minimum atomic E-state index is -3.73. The van der Waals surface area contributed by atoms with Gasteiger partial charge in [-0.3, -0.25) is 0 Å². The van der Waals surface area contributed by atoms with E-state index in [0.717, 1.165) is 34.5 Å². The molecule has 122 valence electrons. The SMILES string of the molecule is Cc1ccc(S(=O)(=O)n2nc3c(c2-c2cccs2)C=CCC3)cc1. The van der Waals surface area contributed by atoms with Gasteiger partial charge in [-0.25, -0.2) is 0 Å². The third-order valence-corrected chi connectivity index (χ3v) is 6.57. The molecule has 3 aromatic rings. The van der Waals surface area contributed by atoms with Crippen molar-refractivity contribution in [3.8, 4) is 10.6 Å². The van der Waals surface area contributed by atoms with Crippen LogP contribution in [0.5, 0.6) is 0 Å². The van der Waals surface area contributed by atoms with E-state index >= 15 is 0 Å². The number of thiophene rings is 1. The summed E-state index contributed by atoms with van der Waals surface area (Å²) in [6, 6.07) is 10.8. The van der Waals surface area contributed by atoms with Gasteiger partial charge < -0.3 is 0 Å². The van der Waals surface area contributed by atoms with Crippen molar-refractivity contribution in [3.63, 3.8) is 0 Å². The molecule has 0 aliphatic heterocycles. The highest BCUT2D eigenvalue weighted by molar-refractivity contribution is 7.90. The van der Waals surface area contributed by atoms with Crippen LogP contribution in [0, 0.1) is 6.92 Å². The summed E-state index contributed by atoms with van der Waals surface area (Å²) in [6.07, 6.45) is 5.71. The Bertz CT molecular complexity index is 1010. The van der Waals surface area contributed by atoms with Crippen LogP contribution in [0.25, 0.3) is 16.6 Å². The first-order chi connectivity index (χ1) is 11.6. The van der Waals surface area contributed by atoms with Crippen LogP contribution in [0.2, 0.25) is 0 Å². The fourth-order valence-electron chi connectivity index (χ4n) is 2.86. The number of aryl methyl sites for hydroxylation is 2. The average molecular weight is 356 g/mol. The zero-order valence-corrected chi connectivity index (χ0v) is 14.8. The average Bonchev–Trinajstić information content (AvgIpc) is 3.22. The first-order valence-corrected chi connectivity index (χ1v) is 10.0. The van der Waals surface area contributed by atoms with E-state index in [0.29, 0.717) is 5.69 Å². The number of fused-ring (bicyclic) bond motifs is 1. The summed E-state index contributed by atoms with van der Waals surface area (Å²) in [6.45, 7) is 1.94. The number of hydrogen-bond donors (Lipinski definition) is 0. The van der Waals surface area contributed by atoms with Crippen LogP contribution in [0.4, 0.5) is 0 Å². The molecule has 24 heavy (non-hydrogen) atoms. The van der Waals surface area contributed by atoms with Gasteiger partial charge in [-0.15, -0.1) is 11.3 Å². The molecule has 1 aliphatic rings. The Kier molecular flexibility index (Phi) is 3.66. The normalized spacial score (nSPS) is 13.9. The lowest BCUT2D eigenvalue weighted by atomic mass is 10.0. The Hall–Kier alpha value is -2.18. The van der Waals surface area contributed by atoms with E-state index in [1.807, 2.05) is 30.5 Å². The molecule has 6 heteroatoms. The maximum atomic E-state index is 13.2. The standard InChI is InChI=1S/C18H16N2O2S2/c1-13-8-10-14(11-9-13)24(21,22)20-18(17-7-4-12-23-17)15-5-2-3-6-16(15)19-20/h2,4-5,7-12H,3,6H2,1H3. The molecule has 0 radical (unpaired) electrons. The van der Waals surface area contributed by atoms with Gasteiger partial charge in [0.2, 0.25) is 0 Å². The Morgan fingerprint density at radius 2 is 1.96 bits per heavy atom. The summed E-state index contributed by atoms with van der Waals surface area (Å²) in [7, 11) is -3.73. The first-order valence-electron chi connectivity index (χ1n) is 7.72. The highest BCUT2D eigenvalue weighted by Crippen LogP contribution is 2.35. The zero-order chi connectivity index (χ0) is 16.7. The Morgan fingerprint density at radius 1 is 1.17 bits per heavy atom. The van der Waals surface area contributed by atoms with Gasteiger partial charge >= 0.3 is 0 Å². The predicted molar refractivity (Wildman–Crippen MR) is 96.7 cm³/mol. The van der Waals surface area contributed by atoms with E-state index in [4.69, 9.17) is 0 Å². The van der Waals surface area contributed by atoms with Crippen LogP contribution in [0.15, 0.2) is 52.7 Å². The summed E-state index contributed by atoms with van der Waals surface area (Å²) >= 11 is 1.52. The molecular formula is C18H16N2O2S2.